The summed E-state index contributed by atoms with van der Waals surface area (Å²) in [6.07, 6.45) is 4.69. The van der Waals surface area contributed by atoms with Crippen LogP contribution < -0.4 is 5.32 Å². The number of hydrogen-bond donors (Lipinski definition) is 1. The zero-order valence-electron chi connectivity index (χ0n) is 12.4. The number of hydrogen-bond acceptors (Lipinski definition) is 5. The van der Waals surface area contributed by atoms with Crippen LogP contribution in [0.2, 0.25) is 0 Å². The highest BCUT2D eigenvalue weighted by molar-refractivity contribution is 5.48. The molecule has 20 heavy (non-hydrogen) atoms. The Balaban J connectivity index is 2.05. The molecule has 0 aliphatic heterocycles. The molecular formula is C15H22N4O. The van der Waals surface area contributed by atoms with Crippen molar-refractivity contribution in [1.82, 2.24) is 20.4 Å². The molecule has 0 aliphatic carbocycles. The highest BCUT2D eigenvalue weighted by Crippen LogP contribution is 2.15. The maximum Gasteiger partial charge on any atom is 0.228 e. The molecule has 0 radical (unpaired) electrons. The van der Waals surface area contributed by atoms with Gasteiger partial charge in [-0.15, -0.1) is 0 Å². The fourth-order valence-electron chi connectivity index (χ4n) is 2.02. The Morgan fingerprint density at radius 3 is 2.90 bits per heavy atom. The minimum atomic E-state index is 0.383. The largest absolute Gasteiger partial charge is 0.339 e. The Hall–Kier alpha value is -1.75. The predicted molar refractivity (Wildman–Crippen MR) is 78.3 cm³/mol. The highest BCUT2D eigenvalue weighted by atomic mass is 16.5. The molecule has 0 bridgehead atoms. The standard InChI is InChI=1S/C15H22N4O/c1-4-7-16-12(5-2)10-14-18-15(19-20-14)13-9-11(3)6-8-17-13/h6,8-9,12,16H,4-5,7,10H2,1-3H3. The van der Waals surface area contributed by atoms with Crippen molar-refractivity contribution in [1.29, 1.82) is 0 Å². The predicted octanol–water partition coefficient (Wildman–Crippen LogP) is 2.76. The summed E-state index contributed by atoms with van der Waals surface area (Å²) in [6, 6.07) is 4.29. The minimum absolute atomic E-state index is 0.383. The van der Waals surface area contributed by atoms with E-state index in [1.54, 1.807) is 6.20 Å². The molecule has 108 valence electrons. The lowest BCUT2D eigenvalue weighted by atomic mass is 10.1. The molecule has 5 heteroatoms. The maximum absolute atomic E-state index is 5.33. The lowest BCUT2D eigenvalue weighted by Gasteiger charge is -2.13. The van der Waals surface area contributed by atoms with Crippen LogP contribution in [0.5, 0.6) is 0 Å². The fourth-order valence-corrected chi connectivity index (χ4v) is 2.02. The van der Waals surface area contributed by atoms with E-state index in [-0.39, 0.29) is 0 Å². The van der Waals surface area contributed by atoms with Crippen LogP contribution in [0.3, 0.4) is 0 Å². The topological polar surface area (TPSA) is 63.8 Å². The van der Waals surface area contributed by atoms with E-state index in [1.807, 2.05) is 19.1 Å². The summed E-state index contributed by atoms with van der Waals surface area (Å²) in [4.78, 5) is 8.71. The molecule has 2 heterocycles. The lowest BCUT2D eigenvalue weighted by molar-refractivity contribution is 0.354. The molecular weight excluding hydrogens is 252 g/mol. The molecule has 5 nitrogen and oxygen atoms in total. The first kappa shape index (κ1) is 14.7. The van der Waals surface area contributed by atoms with Gasteiger partial charge in [-0.05, 0) is 44.0 Å². The number of aromatic nitrogens is 3. The monoisotopic (exact) mass is 274 g/mol. The molecule has 1 unspecified atom stereocenters. The van der Waals surface area contributed by atoms with Gasteiger partial charge >= 0.3 is 0 Å². The summed E-state index contributed by atoms with van der Waals surface area (Å²) in [7, 11) is 0. The summed E-state index contributed by atoms with van der Waals surface area (Å²) in [5, 5.41) is 7.50. The zero-order valence-corrected chi connectivity index (χ0v) is 12.4. The van der Waals surface area contributed by atoms with E-state index in [4.69, 9.17) is 4.52 Å². The number of rotatable bonds is 7. The Labute approximate surface area is 119 Å². The number of nitrogens with one attached hydrogen (secondary N) is 1. The van der Waals surface area contributed by atoms with Gasteiger partial charge in [-0.1, -0.05) is 19.0 Å². The van der Waals surface area contributed by atoms with E-state index in [0.717, 1.165) is 37.1 Å². The van der Waals surface area contributed by atoms with E-state index >= 15 is 0 Å². The second kappa shape index (κ2) is 7.14. The molecule has 0 saturated heterocycles. The second-order valence-corrected chi connectivity index (χ2v) is 4.99. The number of aryl methyl sites for hydroxylation is 1. The van der Waals surface area contributed by atoms with Crippen LogP contribution in [0.25, 0.3) is 11.5 Å². The van der Waals surface area contributed by atoms with Crippen LogP contribution in [0, 0.1) is 6.92 Å². The van der Waals surface area contributed by atoms with Crippen molar-refractivity contribution in [2.75, 3.05) is 6.54 Å². The SMILES string of the molecule is CCCNC(CC)Cc1nc(-c2cc(C)ccn2)no1. The van der Waals surface area contributed by atoms with Crippen molar-refractivity contribution in [3.8, 4) is 11.5 Å². The Bertz CT molecular complexity index is 538. The molecule has 0 fully saturated rings. The van der Waals surface area contributed by atoms with Crippen LogP contribution in [0.15, 0.2) is 22.9 Å². The Kier molecular flexibility index (Phi) is 5.24. The van der Waals surface area contributed by atoms with Crippen molar-refractivity contribution in [2.45, 2.75) is 46.1 Å². The molecule has 1 atom stereocenters. The number of pyridine rings is 1. The molecule has 0 spiro atoms. The summed E-state index contributed by atoms with van der Waals surface area (Å²) in [6.45, 7) is 7.35. The summed E-state index contributed by atoms with van der Waals surface area (Å²) in [5.41, 5.74) is 1.90. The summed E-state index contributed by atoms with van der Waals surface area (Å²) >= 11 is 0. The van der Waals surface area contributed by atoms with Gasteiger partial charge in [0.05, 0.1) is 0 Å². The first-order valence-corrected chi connectivity index (χ1v) is 7.22. The molecule has 2 aromatic heterocycles. The van der Waals surface area contributed by atoms with E-state index in [2.05, 4.69) is 34.3 Å². The van der Waals surface area contributed by atoms with Gasteiger partial charge in [0.25, 0.3) is 0 Å². The first-order valence-electron chi connectivity index (χ1n) is 7.22. The van der Waals surface area contributed by atoms with E-state index in [0.29, 0.717) is 17.8 Å². The van der Waals surface area contributed by atoms with Crippen LogP contribution in [-0.4, -0.2) is 27.7 Å². The van der Waals surface area contributed by atoms with Gasteiger partial charge in [0.15, 0.2) is 0 Å². The van der Waals surface area contributed by atoms with Gasteiger partial charge in [-0.2, -0.15) is 4.98 Å². The van der Waals surface area contributed by atoms with Crippen molar-refractivity contribution in [2.24, 2.45) is 0 Å². The summed E-state index contributed by atoms with van der Waals surface area (Å²) < 4.78 is 5.33. The maximum atomic E-state index is 5.33. The van der Waals surface area contributed by atoms with Gasteiger partial charge < -0.3 is 9.84 Å². The average Bonchev–Trinajstić information content (AvgIpc) is 2.92. The molecule has 0 aliphatic rings. The van der Waals surface area contributed by atoms with Crippen molar-refractivity contribution < 1.29 is 4.52 Å². The molecule has 1 N–H and O–H groups in total. The normalized spacial score (nSPS) is 12.6. The third-order valence-electron chi connectivity index (χ3n) is 3.21. The average molecular weight is 274 g/mol. The minimum Gasteiger partial charge on any atom is -0.339 e. The molecule has 2 rings (SSSR count). The van der Waals surface area contributed by atoms with E-state index < -0.39 is 0 Å². The highest BCUT2D eigenvalue weighted by Gasteiger charge is 2.14. The van der Waals surface area contributed by atoms with Crippen LogP contribution in [0.1, 0.15) is 38.1 Å². The third-order valence-corrected chi connectivity index (χ3v) is 3.21. The van der Waals surface area contributed by atoms with Crippen LogP contribution in [-0.2, 0) is 6.42 Å². The van der Waals surface area contributed by atoms with Gasteiger partial charge in [0.1, 0.15) is 5.69 Å². The van der Waals surface area contributed by atoms with Crippen LogP contribution >= 0.6 is 0 Å². The van der Waals surface area contributed by atoms with Crippen molar-refractivity contribution >= 4 is 0 Å². The Morgan fingerprint density at radius 2 is 2.20 bits per heavy atom. The molecule has 0 amide bonds. The molecule has 2 aromatic rings. The molecule has 0 saturated carbocycles. The lowest BCUT2D eigenvalue weighted by Crippen LogP contribution is -2.31. The fraction of sp³-hybridized carbons (Fsp3) is 0.533. The van der Waals surface area contributed by atoms with Crippen molar-refractivity contribution in [3.05, 3.63) is 29.8 Å². The molecule has 0 aromatic carbocycles. The number of nitrogens with zero attached hydrogens (tertiary/aromatic N) is 3. The van der Waals surface area contributed by atoms with E-state index in [9.17, 15) is 0 Å². The Morgan fingerprint density at radius 1 is 1.35 bits per heavy atom. The smallest absolute Gasteiger partial charge is 0.228 e. The quantitative estimate of drug-likeness (QED) is 0.841. The van der Waals surface area contributed by atoms with Crippen LogP contribution in [0.4, 0.5) is 0 Å². The zero-order chi connectivity index (χ0) is 14.4. The first-order chi connectivity index (χ1) is 9.72. The second-order valence-electron chi connectivity index (χ2n) is 4.99. The van der Waals surface area contributed by atoms with Gasteiger partial charge in [-0.3, -0.25) is 4.98 Å². The third kappa shape index (κ3) is 3.87. The van der Waals surface area contributed by atoms with Gasteiger partial charge in [0, 0.05) is 18.7 Å². The summed E-state index contributed by atoms with van der Waals surface area (Å²) in [5.74, 6) is 1.23. The van der Waals surface area contributed by atoms with E-state index in [1.165, 1.54) is 0 Å². The van der Waals surface area contributed by atoms with Gasteiger partial charge in [-0.25, -0.2) is 0 Å². The van der Waals surface area contributed by atoms with Gasteiger partial charge in [0.2, 0.25) is 11.7 Å². The van der Waals surface area contributed by atoms with Crippen molar-refractivity contribution in [3.63, 3.8) is 0 Å².